The van der Waals surface area contributed by atoms with Gasteiger partial charge in [-0.3, -0.25) is 9.97 Å². The van der Waals surface area contributed by atoms with E-state index < -0.39 is 11.7 Å². The second kappa shape index (κ2) is 7.79. The average molecular weight is 280 g/mol. The number of hydrogen-bond donors (Lipinski definition) is 2. The van der Waals surface area contributed by atoms with E-state index in [0.29, 0.717) is 13.1 Å². The third-order valence-corrected chi connectivity index (χ3v) is 2.57. The van der Waals surface area contributed by atoms with E-state index >= 15 is 0 Å². The molecule has 0 fully saturated rings. The summed E-state index contributed by atoms with van der Waals surface area (Å²) in [5, 5.41) is 6.10. The monoisotopic (exact) mass is 280 g/mol. The number of ether oxygens (including phenoxy) is 1. The third-order valence-electron chi connectivity index (χ3n) is 2.57. The highest BCUT2D eigenvalue weighted by Gasteiger charge is 2.16. The van der Waals surface area contributed by atoms with E-state index in [1.165, 1.54) is 0 Å². The van der Waals surface area contributed by atoms with E-state index in [-0.39, 0.29) is 6.04 Å². The normalized spacial score (nSPS) is 12.8. The van der Waals surface area contributed by atoms with Crippen molar-refractivity contribution in [1.82, 2.24) is 20.6 Å². The lowest BCUT2D eigenvalue weighted by atomic mass is 10.2. The average Bonchev–Trinajstić information content (AvgIpc) is 2.38. The largest absolute Gasteiger partial charge is 0.444 e. The van der Waals surface area contributed by atoms with Crippen LogP contribution in [0.1, 0.15) is 39.8 Å². The molecule has 0 aromatic carbocycles. The fourth-order valence-electron chi connectivity index (χ4n) is 1.55. The highest BCUT2D eigenvalue weighted by molar-refractivity contribution is 5.67. The van der Waals surface area contributed by atoms with Crippen molar-refractivity contribution in [1.29, 1.82) is 0 Å². The van der Waals surface area contributed by atoms with Gasteiger partial charge in [0.15, 0.2) is 0 Å². The molecule has 2 N–H and O–H groups in total. The number of hydrogen-bond acceptors (Lipinski definition) is 5. The van der Waals surface area contributed by atoms with Gasteiger partial charge < -0.3 is 15.4 Å². The SMILES string of the molecule is CCC(CNC(=O)OC(C)(C)C)NCc1cnccn1. The third kappa shape index (κ3) is 7.04. The van der Waals surface area contributed by atoms with Crippen LogP contribution in [0.3, 0.4) is 0 Å². The Kier molecular flexibility index (Phi) is 6.38. The second-order valence-corrected chi connectivity index (χ2v) is 5.57. The standard InChI is InChI=1S/C14H24N4O2/c1-5-11(9-18-13(19)20-14(2,3)4)17-10-12-8-15-6-7-16-12/h6-8,11,17H,5,9-10H2,1-4H3,(H,18,19). The number of carbonyl (C=O) groups excluding carboxylic acids is 1. The highest BCUT2D eigenvalue weighted by Crippen LogP contribution is 2.06. The second-order valence-electron chi connectivity index (χ2n) is 5.57. The predicted octanol–water partition coefficient (Wildman–Crippen LogP) is 1.87. The molecule has 112 valence electrons. The van der Waals surface area contributed by atoms with E-state index in [4.69, 9.17) is 4.74 Å². The molecular weight excluding hydrogens is 256 g/mol. The lowest BCUT2D eigenvalue weighted by Gasteiger charge is -2.22. The molecule has 0 aliphatic heterocycles. The predicted molar refractivity (Wildman–Crippen MR) is 77.2 cm³/mol. The number of amides is 1. The van der Waals surface area contributed by atoms with Crippen LogP contribution >= 0.6 is 0 Å². The van der Waals surface area contributed by atoms with Crippen LogP contribution in [0.5, 0.6) is 0 Å². The van der Waals surface area contributed by atoms with Crippen LogP contribution in [0.4, 0.5) is 4.79 Å². The van der Waals surface area contributed by atoms with Crippen molar-refractivity contribution in [2.24, 2.45) is 0 Å². The van der Waals surface area contributed by atoms with Gasteiger partial charge in [0.05, 0.1) is 5.69 Å². The molecule has 0 aliphatic rings. The van der Waals surface area contributed by atoms with Crippen LogP contribution in [-0.2, 0) is 11.3 Å². The molecule has 0 spiro atoms. The van der Waals surface area contributed by atoms with E-state index in [1.54, 1.807) is 18.6 Å². The van der Waals surface area contributed by atoms with Crippen molar-refractivity contribution < 1.29 is 9.53 Å². The molecule has 0 saturated heterocycles. The molecule has 1 aromatic heterocycles. The van der Waals surface area contributed by atoms with Gasteiger partial charge in [-0.15, -0.1) is 0 Å². The van der Waals surface area contributed by atoms with Crippen LogP contribution in [0.2, 0.25) is 0 Å². The fraction of sp³-hybridized carbons (Fsp3) is 0.643. The first-order chi connectivity index (χ1) is 9.40. The van der Waals surface area contributed by atoms with Crippen LogP contribution in [-0.4, -0.2) is 34.2 Å². The summed E-state index contributed by atoms with van der Waals surface area (Å²) >= 11 is 0. The Morgan fingerprint density at radius 3 is 2.70 bits per heavy atom. The minimum absolute atomic E-state index is 0.171. The van der Waals surface area contributed by atoms with E-state index in [9.17, 15) is 4.79 Å². The molecule has 0 bridgehead atoms. The molecule has 0 aliphatic carbocycles. The number of nitrogens with one attached hydrogen (secondary N) is 2. The van der Waals surface area contributed by atoms with Crippen LogP contribution in [0.25, 0.3) is 0 Å². The van der Waals surface area contributed by atoms with Gasteiger partial charge in [0.2, 0.25) is 0 Å². The molecule has 0 saturated carbocycles. The van der Waals surface area contributed by atoms with Gasteiger partial charge in [-0.2, -0.15) is 0 Å². The number of nitrogens with zero attached hydrogens (tertiary/aromatic N) is 2. The molecule has 1 aromatic rings. The van der Waals surface area contributed by atoms with Crippen LogP contribution < -0.4 is 10.6 Å². The molecule has 1 atom stereocenters. The zero-order valence-electron chi connectivity index (χ0n) is 12.6. The fourth-order valence-corrected chi connectivity index (χ4v) is 1.55. The molecule has 1 heterocycles. The quantitative estimate of drug-likeness (QED) is 0.832. The van der Waals surface area contributed by atoms with Crippen molar-refractivity contribution in [2.75, 3.05) is 6.54 Å². The van der Waals surface area contributed by atoms with Gasteiger partial charge in [-0.05, 0) is 27.2 Å². The smallest absolute Gasteiger partial charge is 0.407 e. The van der Waals surface area contributed by atoms with Crippen molar-refractivity contribution in [2.45, 2.75) is 52.3 Å². The number of rotatable bonds is 6. The highest BCUT2D eigenvalue weighted by atomic mass is 16.6. The first-order valence-corrected chi connectivity index (χ1v) is 6.86. The number of alkyl carbamates (subject to hydrolysis) is 1. The topological polar surface area (TPSA) is 76.1 Å². The van der Waals surface area contributed by atoms with Crippen molar-refractivity contribution in [3.05, 3.63) is 24.3 Å². The number of aromatic nitrogens is 2. The van der Waals surface area contributed by atoms with Gasteiger partial charge in [0.25, 0.3) is 0 Å². The van der Waals surface area contributed by atoms with Gasteiger partial charge in [-0.25, -0.2) is 4.79 Å². The van der Waals surface area contributed by atoms with Crippen molar-refractivity contribution in [3.63, 3.8) is 0 Å². The maximum atomic E-state index is 11.6. The lowest BCUT2D eigenvalue weighted by Crippen LogP contribution is -2.42. The molecule has 1 rings (SSSR count). The number of carbonyl (C=O) groups is 1. The maximum Gasteiger partial charge on any atom is 0.407 e. The van der Waals surface area contributed by atoms with Crippen molar-refractivity contribution >= 4 is 6.09 Å². The van der Waals surface area contributed by atoms with Gasteiger partial charge >= 0.3 is 6.09 Å². The maximum absolute atomic E-state index is 11.6. The van der Waals surface area contributed by atoms with Crippen LogP contribution in [0, 0.1) is 0 Å². The zero-order chi connectivity index (χ0) is 15.0. The minimum Gasteiger partial charge on any atom is -0.444 e. The summed E-state index contributed by atoms with van der Waals surface area (Å²) in [4.78, 5) is 19.8. The summed E-state index contributed by atoms with van der Waals surface area (Å²) in [6.07, 6.45) is 5.54. The Balaban J connectivity index is 2.31. The molecule has 1 amide bonds. The zero-order valence-corrected chi connectivity index (χ0v) is 12.6. The van der Waals surface area contributed by atoms with Gasteiger partial charge in [0.1, 0.15) is 5.60 Å². The summed E-state index contributed by atoms with van der Waals surface area (Å²) in [5.41, 5.74) is 0.405. The van der Waals surface area contributed by atoms with E-state index in [0.717, 1.165) is 12.1 Å². The Hall–Kier alpha value is -1.69. The summed E-state index contributed by atoms with van der Waals surface area (Å²) in [6, 6.07) is 0.171. The summed E-state index contributed by atoms with van der Waals surface area (Å²) in [5.74, 6) is 0. The Labute approximate surface area is 120 Å². The van der Waals surface area contributed by atoms with Crippen molar-refractivity contribution in [3.8, 4) is 0 Å². The van der Waals surface area contributed by atoms with Gasteiger partial charge in [0, 0.05) is 37.7 Å². The van der Waals surface area contributed by atoms with Gasteiger partial charge in [-0.1, -0.05) is 6.92 Å². The summed E-state index contributed by atoms with van der Waals surface area (Å²) in [6.45, 7) is 8.74. The van der Waals surface area contributed by atoms with E-state index in [2.05, 4.69) is 27.5 Å². The molecule has 6 heteroatoms. The van der Waals surface area contributed by atoms with E-state index in [1.807, 2.05) is 20.8 Å². The van der Waals surface area contributed by atoms with Crippen LogP contribution in [0.15, 0.2) is 18.6 Å². The summed E-state index contributed by atoms with van der Waals surface area (Å²) in [7, 11) is 0. The molecule has 6 nitrogen and oxygen atoms in total. The summed E-state index contributed by atoms with van der Waals surface area (Å²) < 4.78 is 5.20. The first kappa shape index (κ1) is 16.4. The first-order valence-electron chi connectivity index (χ1n) is 6.86. The Bertz CT molecular complexity index is 403. The molecule has 0 radical (unpaired) electrons. The molecule has 1 unspecified atom stereocenters. The lowest BCUT2D eigenvalue weighted by molar-refractivity contribution is 0.0522. The molecular formula is C14H24N4O2. The Morgan fingerprint density at radius 1 is 1.40 bits per heavy atom. The minimum atomic E-state index is -0.473. The Morgan fingerprint density at radius 2 is 2.15 bits per heavy atom. The molecule has 20 heavy (non-hydrogen) atoms.